The molecule has 9 heteroatoms. The molecule has 0 saturated carbocycles. The zero-order valence-electron chi connectivity index (χ0n) is 15.4. The third-order valence-electron chi connectivity index (χ3n) is 4.88. The molecule has 2 aliphatic rings. The van der Waals surface area contributed by atoms with Gasteiger partial charge in [0.2, 0.25) is 15.9 Å². The van der Waals surface area contributed by atoms with Crippen molar-refractivity contribution in [1.29, 1.82) is 0 Å². The molecule has 0 N–H and O–H groups in total. The van der Waals surface area contributed by atoms with Crippen LogP contribution in [-0.2, 0) is 19.6 Å². The molecular weight excluding hydrogens is 436 g/mol. The van der Waals surface area contributed by atoms with Gasteiger partial charge in [-0.15, -0.1) is 0 Å². The average molecular weight is 461 g/mol. The first kappa shape index (κ1) is 20.6. The van der Waals surface area contributed by atoms with Crippen molar-refractivity contribution in [2.75, 3.05) is 46.0 Å². The summed E-state index contributed by atoms with van der Waals surface area (Å²) in [4.78, 5) is 14.7. The van der Waals surface area contributed by atoms with Crippen molar-refractivity contribution in [2.24, 2.45) is 5.92 Å². The minimum absolute atomic E-state index is 0.0254. The minimum atomic E-state index is -3.75. The fourth-order valence-electron chi connectivity index (χ4n) is 3.50. The number of morpholine rings is 1. The van der Waals surface area contributed by atoms with Crippen LogP contribution < -0.4 is 4.74 Å². The lowest BCUT2D eigenvalue weighted by molar-refractivity contribution is -0.140. The second-order valence-electron chi connectivity index (χ2n) is 6.66. The Morgan fingerprint density at radius 3 is 2.74 bits per heavy atom. The summed E-state index contributed by atoms with van der Waals surface area (Å²) in [5, 5.41) is 0. The fourth-order valence-corrected chi connectivity index (χ4v) is 5.70. The molecule has 0 aliphatic carbocycles. The number of sulfonamides is 1. The van der Waals surface area contributed by atoms with Crippen molar-refractivity contribution < 1.29 is 22.7 Å². The van der Waals surface area contributed by atoms with Crippen molar-refractivity contribution in [3.8, 4) is 5.75 Å². The fraction of sp³-hybridized carbons (Fsp3) is 0.611. The number of ether oxygens (including phenoxy) is 2. The zero-order valence-corrected chi connectivity index (χ0v) is 17.8. The van der Waals surface area contributed by atoms with E-state index in [1.165, 1.54) is 4.31 Å². The Kier molecular flexibility index (Phi) is 6.78. The van der Waals surface area contributed by atoms with Crippen LogP contribution in [0.2, 0.25) is 0 Å². The molecule has 0 aromatic heterocycles. The molecule has 1 atom stereocenters. The number of benzene rings is 1. The maximum Gasteiger partial charge on any atom is 0.246 e. The van der Waals surface area contributed by atoms with Crippen LogP contribution in [0, 0.1) is 5.92 Å². The smallest absolute Gasteiger partial charge is 0.246 e. The van der Waals surface area contributed by atoms with Gasteiger partial charge in [0.05, 0.1) is 25.7 Å². The van der Waals surface area contributed by atoms with E-state index in [9.17, 15) is 13.2 Å². The van der Waals surface area contributed by atoms with E-state index in [2.05, 4.69) is 15.9 Å². The molecule has 2 saturated heterocycles. The van der Waals surface area contributed by atoms with E-state index < -0.39 is 10.0 Å². The number of piperidine rings is 1. The maximum atomic E-state index is 13.3. The van der Waals surface area contributed by atoms with Crippen LogP contribution in [0.1, 0.15) is 19.8 Å². The van der Waals surface area contributed by atoms with E-state index >= 15 is 0 Å². The van der Waals surface area contributed by atoms with Crippen LogP contribution in [0.25, 0.3) is 0 Å². The molecule has 1 amide bonds. The number of carbonyl (C=O) groups excluding carboxylic acids is 1. The third kappa shape index (κ3) is 4.64. The summed E-state index contributed by atoms with van der Waals surface area (Å²) in [6.45, 7) is 5.03. The van der Waals surface area contributed by atoms with Gasteiger partial charge in [-0.3, -0.25) is 4.79 Å². The van der Waals surface area contributed by atoms with Crippen LogP contribution >= 0.6 is 15.9 Å². The Balaban J connectivity index is 1.80. The Morgan fingerprint density at radius 1 is 1.30 bits per heavy atom. The Morgan fingerprint density at radius 2 is 2.04 bits per heavy atom. The molecule has 7 nitrogen and oxygen atoms in total. The van der Waals surface area contributed by atoms with Crippen LogP contribution in [0.5, 0.6) is 5.75 Å². The Labute approximate surface area is 168 Å². The summed E-state index contributed by atoms with van der Waals surface area (Å²) >= 11 is 3.34. The molecule has 0 radical (unpaired) electrons. The molecule has 1 aromatic carbocycles. The molecule has 2 heterocycles. The topological polar surface area (TPSA) is 76.2 Å². The van der Waals surface area contributed by atoms with E-state index in [-0.39, 0.29) is 23.3 Å². The van der Waals surface area contributed by atoms with Crippen molar-refractivity contribution >= 4 is 31.9 Å². The van der Waals surface area contributed by atoms with Gasteiger partial charge in [-0.25, -0.2) is 8.42 Å². The lowest BCUT2D eigenvalue weighted by Crippen LogP contribution is -2.49. The highest BCUT2D eigenvalue weighted by atomic mass is 79.9. The summed E-state index contributed by atoms with van der Waals surface area (Å²) in [5.41, 5.74) is 0. The average Bonchev–Trinajstić information content (AvgIpc) is 2.69. The second-order valence-corrected chi connectivity index (χ2v) is 9.49. The van der Waals surface area contributed by atoms with E-state index in [1.807, 2.05) is 6.92 Å². The number of hydrogen-bond donors (Lipinski definition) is 0. The predicted octanol–water partition coefficient (Wildman–Crippen LogP) is 2.11. The van der Waals surface area contributed by atoms with E-state index in [0.717, 1.165) is 0 Å². The molecule has 2 aliphatic heterocycles. The summed E-state index contributed by atoms with van der Waals surface area (Å²) < 4.78 is 39.4. The molecule has 3 rings (SSSR count). The number of hydrogen-bond acceptors (Lipinski definition) is 5. The molecule has 2 fully saturated rings. The maximum absolute atomic E-state index is 13.3. The van der Waals surface area contributed by atoms with E-state index in [4.69, 9.17) is 9.47 Å². The largest absolute Gasteiger partial charge is 0.492 e. The van der Waals surface area contributed by atoms with Gasteiger partial charge >= 0.3 is 0 Å². The molecule has 1 aromatic rings. The summed E-state index contributed by atoms with van der Waals surface area (Å²) in [6, 6.07) is 4.97. The van der Waals surface area contributed by atoms with Crippen molar-refractivity contribution in [2.45, 2.75) is 24.7 Å². The van der Waals surface area contributed by atoms with Crippen LogP contribution in [0.3, 0.4) is 0 Å². The van der Waals surface area contributed by atoms with Gasteiger partial charge in [0.25, 0.3) is 0 Å². The van der Waals surface area contributed by atoms with E-state index in [0.29, 0.717) is 62.5 Å². The van der Waals surface area contributed by atoms with Gasteiger partial charge in [0.15, 0.2) is 0 Å². The Hall–Kier alpha value is -1.16. The highest BCUT2D eigenvalue weighted by molar-refractivity contribution is 9.10. The molecule has 150 valence electrons. The van der Waals surface area contributed by atoms with Crippen molar-refractivity contribution in [3.05, 3.63) is 22.7 Å². The second kappa shape index (κ2) is 8.89. The monoisotopic (exact) mass is 460 g/mol. The van der Waals surface area contributed by atoms with Crippen molar-refractivity contribution in [1.82, 2.24) is 9.21 Å². The van der Waals surface area contributed by atoms with Gasteiger partial charge in [-0.2, -0.15) is 4.31 Å². The molecule has 0 spiro atoms. The first-order valence-electron chi connectivity index (χ1n) is 9.22. The van der Waals surface area contributed by atoms with Gasteiger partial charge in [-0.05, 0) is 38.0 Å². The number of amides is 1. The first-order valence-corrected chi connectivity index (χ1v) is 11.5. The lowest BCUT2D eigenvalue weighted by Gasteiger charge is -2.35. The van der Waals surface area contributed by atoms with Gasteiger partial charge in [0.1, 0.15) is 10.6 Å². The summed E-state index contributed by atoms with van der Waals surface area (Å²) in [5.74, 6) is 0.0501. The predicted molar refractivity (Wildman–Crippen MR) is 104 cm³/mol. The Bertz CT molecular complexity index is 780. The highest BCUT2D eigenvalue weighted by Gasteiger charge is 2.36. The highest BCUT2D eigenvalue weighted by Crippen LogP contribution is 2.32. The zero-order chi connectivity index (χ0) is 19.4. The molecule has 27 heavy (non-hydrogen) atoms. The molecule has 0 bridgehead atoms. The number of carbonyl (C=O) groups is 1. The third-order valence-corrected chi connectivity index (χ3v) is 7.26. The summed E-state index contributed by atoms with van der Waals surface area (Å²) in [6.07, 6.45) is 1.37. The molecular formula is C18H25BrN2O5S. The number of nitrogens with zero attached hydrogens (tertiary/aromatic N) is 2. The minimum Gasteiger partial charge on any atom is -0.492 e. The van der Waals surface area contributed by atoms with Crippen LogP contribution in [-0.4, -0.2) is 69.5 Å². The molecule has 1 unspecified atom stereocenters. The summed E-state index contributed by atoms with van der Waals surface area (Å²) in [7, 11) is -3.75. The van der Waals surface area contributed by atoms with Gasteiger partial charge < -0.3 is 14.4 Å². The van der Waals surface area contributed by atoms with Gasteiger partial charge in [0, 0.05) is 30.7 Å². The standard InChI is InChI=1S/C18H25BrN2O5S/c1-2-26-16-6-5-15(19)12-17(16)27(23,24)21-7-3-4-14(13-21)18(22)20-8-10-25-11-9-20/h5-6,12,14H,2-4,7-11,13H2,1H3. The SMILES string of the molecule is CCOc1ccc(Br)cc1S(=O)(=O)N1CCCC(C(=O)N2CCOCC2)C1. The van der Waals surface area contributed by atoms with Crippen LogP contribution in [0.4, 0.5) is 0 Å². The van der Waals surface area contributed by atoms with E-state index in [1.54, 1.807) is 23.1 Å². The first-order chi connectivity index (χ1) is 12.9. The van der Waals surface area contributed by atoms with Gasteiger partial charge in [-0.1, -0.05) is 15.9 Å². The van der Waals surface area contributed by atoms with Crippen LogP contribution in [0.15, 0.2) is 27.6 Å². The number of halogens is 1. The van der Waals surface area contributed by atoms with Crippen molar-refractivity contribution in [3.63, 3.8) is 0 Å². The lowest BCUT2D eigenvalue weighted by atomic mass is 9.98. The normalized spacial score (nSPS) is 21.9. The number of rotatable bonds is 5. The quantitative estimate of drug-likeness (QED) is 0.672.